The van der Waals surface area contributed by atoms with Gasteiger partial charge >= 0.3 is 0 Å². The van der Waals surface area contributed by atoms with Crippen LogP contribution in [0.15, 0.2) is 60.8 Å². The molecule has 0 radical (unpaired) electrons. The van der Waals surface area contributed by atoms with Gasteiger partial charge in [0.2, 0.25) is 5.95 Å². The van der Waals surface area contributed by atoms with Gasteiger partial charge in [-0.05, 0) is 42.7 Å². The first kappa shape index (κ1) is 18.0. The van der Waals surface area contributed by atoms with Crippen LogP contribution in [-0.2, 0) is 6.42 Å². The Morgan fingerprint density at radius 2 is 1.92 bits per heavy atom. The number of hydrogen-bond donors (Lipinski definition) is 2. The van der Waals surface area contributed by atoms with E-state index in [2.05, 4.69) is 32.7 Å². The molecule has 6 heteroatoms. The minimum atomic E-state index is 0.505. The van der Waals surface area contributed by atoms with Crippen molar-refractivity contribution in [1.82, 2.24) is 9.97 Å². The number of ether oxygens (including phenoxy) is 1. The zero-order chi connectivity index (χ0) is 18.2. The summed E-state index contributed by atoms with van der Waals surface area (Å²) in [5, 5.41) is 6.95. The Morgan fingerprint density at radius 1 is 1.08 bits per heavy atom. The SMILES string of the molecule is COc1cccc(CCCNc2nc(Nc3ccccc3)ncc2Cl)c1. The number of halogens is 1. The van der Waals surface area contributed by atoms with E-state index in [1.165, 1.54) is 5.56 Å². The molecular weight excluding hydrogens is 348 g/mol. The number of methoxy groups -OCH3 is 1. The monoisotopic (exact) mass is 368 g/mol. The summed E-state index contributed by atoms with van der Waals surface area (Å²) < 4.78 is 5.25. The van der Waals surface area contributed by atoms with Crippen molar-refractivity contribution in [3.8, 4) is 5.75 Å². The highest BCUT2D eigenvalue weighted by atomic mass is 35.5. The third-order valence-electron chi connectivity index (χ3n) is 3.84. The van der Waals surface area contributed by atoms with Crippen molar-refractivity contribution < 1.29 is 4.74 Å². The third kappa shape index (κ3) is 5.10. The number of aromatic nitrogens is 2. The molecule has 0 aliphatic carbocycles. The lowest BCUT2D eigenvalue weighted by atomic mass is 10.1. The van der Waals surface area contributed by atoms with Crippen molar-refractivity contribution in [2.24, 2.45) is 0 Å². The Kier molecular flexibility index (Phi) is 6.28. The molecule has 2 N–H and O–H groups in total. The summed E-state index contributed by atoms with van der Waals surface area (Å²) in [6, 6.07) is 17.9. The summed E-state index contributed by atoms with van der Waals surface area (Å²) in [6.45, 7) is 0.763. The molecule has 0 unspecified atom stereocenters. The van der Waals surface area contributed by atoms with Crippen LogP contribution in [-0.4, -0.2) is 23.6 Å². The lowest BCUT2D eigenvalue weighted by Crippen LogP contribution is -2.07. The second kappa shape index (κ2) is 9.06. The summed E-state index contributed by atoms with van der Waals surface area (Å²) in [4.78, 5) is 8.68. The molecule has 0 aliphatic heterocycles. The lowest BCUT2D eigenvalue weighted by Gasteiger charge is -2.10. The van der Waals surface area contributed by atoms with Gasteiger partial charge in [0.1, 0.15) is 16.6 Å². The Hall–Kier alpha value is -2.79. The van der Waals surface area contributed by atoms with Gasteiger partial charge < -0.3 is 15.4 Å². The molecule has 3 rings (SSSR count). The maximum absolute atomic E-state index is 6.20. The minimum Gasteiger partial charge on any atom is -0.497 e. The predicted molar refractivity (Wildman–Crippen MR) is 107 cm³/mol. The van der Waals surface area contributed by atoms with Crippen LogP contribution in [0.5, 0.6) is 5.75 Å². The Bertz CT molecular complexity index is 842. The van der Waals surface area contributed by atoms with Gasteiger partial charge in [-0.1, -0.05) is 41.9 Å². The van der Waals surface area contributed by atoms with Crippen molar-refractivity contribution in [1.29, 1.82) is 0 Å². The Balaban J connectivity index is 1.54. The second-order valence-corrected chi connectivity index (χ2v) is 6.17. The van der Waals surface area contributed by atoms with E-state index in [-0.39, 0.29) is 0 Å². The van der Waals surface area contributed by atoms with E-state index >= 15 is 0 Å². The number of aryl methyl sites for hydroxylation is 1. The summed E-state index contributed by atoms with van der Waals surface area (Å²) in [6.07, 6.45) is 3.50. The van der Waals surface area contributed by atoms with E-state index < -0.39 is 0 Å². The molecule has 1 aromatic heterocycles. The molecule has 0 saturated heterocycles. The minimum absolute atomic E-state index is 0.505. The van der Waals surface area contributed by atoms with E-state index in [4.69, 9.17) is 16.3 Å². The number of benzene rings is 2. The molecule has 0 fully saturated rings. The van der Waals surface area contributed by atoms with Gasteiger partial charge in [-0.15, -0.1) is 0 Å². The van der Waals surface area contributed by atoms with E-state index in [0.717, 1.165) is 30.8 Å². The Morgan fingerprint density at radius 3 is 2.73 bits per heavy atom. The maximum atomic E-state index is 6.20. The second-order valence-electron chi connectivity index (χ2n) is 5.76. The van der Waals surface area contributed by atoms with Gasteiger partial charge in [-0.25, -0.2) is 4.98 Å². The van der Waals surface area contributed by atoms with E-state index in [9.17, 15) is 0 Å². The number of rotatable bonds is 8. The van der Waals surface area contributed by atoms with Crippen LogP contribution in [0.25, 0.3) is 0 Å². The van der Waals surface area contributed by atoms with Crippen LogP contribution < -0.4 is 15.4 Å². The topological polar surface area (TPSA) is 59.1 Å². The zero-order valence-electron chi connectivity index (χ0n) is 14.6. The number of para-hydroxylation sites is 1. The van der Waals surface area contributed by atoms with Crippen LogP contribution >= 0.6 is 11.6 Å². The molecule has 0 atom stereocenters. The largest absolute Gasteiger partial charge is 0.497 e. The molecule has 5 nitrogen and oxygen atoms in total. The van der Waals surface area contributed by atoms with Crippen molar-refractivity contribution in [2.75, 3.05) is 24.3 Å². The van der Waals surface area contributed by atoms with E-state index in [1.54, 1.807) is 13.3 Å². The highest BCUT2D eigenvalue weighted by molar-refractivity contribution is 6.32. The van der Waals surface area contributed by atoms with Crippen LogP contribution in [0.1, 0.15) is 12.0 Å². The van der Waals surface area contributed by atoms with Crippen LogP contribution in [0.4, 0.5) is 17.5 Å². The number of hydrogen-bond acceptors (Lipinski definition) is 5. The first-order chi connectivity index (χ1) is 12.7. The Labute approximate surface area is 158 Å². The molecule has 134 valence electrons. The molecule has 0 aliphatic rings. The van der Waals surface area contributed by atoms with Gasteiger partial charge in [-0.2, -0.15) is 4.98 Å². The smallest absolute Gasteiger partial charge is 0.229 e. The summed E-state index contributed by atoms with van der Waals surface area (Å²) >= 11 is 6.20. The molecular formula is C20H21ClN4O. The van der Waals surface area contributed by atoms with Gasteiger partial charge in [0.25, 0.3) is 0 Å². The highest BCUT2D eigenvalue weighted by Gasteiger charge is 2.05. The van der Waals surface area contributed by atoms with Gasteiger partial charge in [-0.3, -0.25) is 0 Å². The first-order valence-electron chi connectivity index (χ1n) is 8.46. The average molecular weight is 369 g/mol. The molecule has 0 saturated carbocycles. The van der Waals surface area contributed by atoms with Crippen molar-refractivity contribution in [2.45, 2.75) is 12.8 Å². The van der Waals surface area contributed by atoms with Gasteiger partial charge in [0.05, 0.1) is 13.3 Å². The van der Waals surface area contributed by atoms with Gasteiger partial charge in [0.15, 0.2) is 0 Å². The molecule has 2 aromatic carbocycles. The quantitative estimate of drug-likeness (QED) is 0.552. The fraction of sp³-hybridized carbons (Fsp3) is 0.200. The number of anilines is 3. The molecule has 0 amide bonds. The highest BCUT2D eigenvalue weighted by Crippen LogP contribution is 2.21. The standard InChI is InChI=1S/C20H21ClN4O/c1-26-17-11-5-7-15(13-17)8-6-12-22-19-18(21)14-23-20(25-19)24-16-9-3-2-4-10-16/h2-5,7,9-11,13-14H,6,8,12H2,1H3,(H2,22,23,24,25). The molecule has 0 spiro atoms. The van der Waals surface area contributed by atoms with E-state index in [1.807, 2.05) is 42.5 Å². The molecule has 1 heterocycles. The zero-order valence-corrected chi connectivity index (χ0v) is 15.3. The predicted octanol–water partition coefficient (Wildman–Crippen LogP) is 4.93. The van der Waals surface area contributed by atoms with E-state index in [0.29, 0.717) is 16.8 Å². The molecule has 3 aromatic rings. The lowest BCUT2D eigenvalue weighted by molar-refractivity contribution is 0.414. The van der Waals surface area contributed by atoms with Crippen molar-refractivity contribution >= 4 is 29.1 Å². The van der Waals surface area contributed by atoms with Crippen LogP contribution in [0.2, 0.25) is 5.02 Å². The average Bonchev–Trinajstić information content (AvgIpc) is 2.68. The third-order valence-corrected chi connectivity index (χ3v) is 4.12. The van der Waals surface area contributed by atoms with Crippen LogP contribution in [0, 0.1) is 0 Å². The number of nitrogens with zero attached hydrogens (tertiary/aromatic N) is 2. The normalized spacial score (nSPS) is 10.4. The number of nitrogens with one attached hydrogen (secondary N) is 2. The first-order valence-corrected chi connectivity index (χ1v) is 8.84. The fourth-order valence-electron chi connectivity index (χ4n) is 2.53. The fourth-order valence-corrected chi connectivity index (χ4v) is 2.69. The summed E-state index contributed by atoms with van der Waals surface area (Å²) in [5.74, 6) is 2.02. The van der Waals surface area contributed by atoms with Crippen molar-refractivity contribution in [3.63, 3.8) is 0 Å². The molecule has 26 heavy (non-hydrogen) atoms. The molecule has 0 bridgehead atoms. The summed E-state index contributed by atoms with van der Waals surface area (Å²) in [5.41, 5.74) is 2.17. The van der Waals surface area contributed by atoms with Crippen LogP contribution in [0.3, 0.4) is 0 Å². The van der Waals surface area contributed by atoms with Gasteiger partial charge in [0, 0.05) is 12.2 Å². The maximum Gasteiger partial charge on any atom is 0.229 e. The summed E-state index contributed by atoms with van der Waals surface area (Å²) in [7, 11) is 1.68. The van der Waals surface area contributed by atoms with Crippen molar-refractivity contribution in [3.05, 3.63) is 71.4 Å².